The molecule has 0 amide bonds. The monoisotopic (exact) mass is 488 g/mol. The quantitative estimate of drug-likeness (QED) is 0.175. The maximum Gasteiger partial charge on any atom is 0.353 e. The Balaban J connectivity index is 1.94. The Morgan fingerprint density at radius 2 is 1.40 bits per heavy atom. The van der Waals surface area contributed by atoms with Crippen molar-refractivity contribution in [2.75, 3.05) is 26.4 Å². The van der Waals surface area contributed by atoms with Gasteiger partial charge in [0.15, 0.2) is 0 Å². The van der Waals surface area contributed by atoms with Crippen LogP contribution in [-0.2, 0) is 39.8 Å². The van der Waals surface area contributed by atoms with Crippen LogP contribution in [0, 0.1) is 0 Å². The summed E-state index contributed by atoms with van der Waals surface area (Å²) in [4.78, 5) is 37.5. The summed E-state index contributed by atoms with van der Waals surface area (Å²) >= 11 is 0. The van der Waals surface area contributed by atoms with Gasteiger partial charge < -0.3 is 24.1 Å². The summed E-state index contributed by atoms with van der Waals surface area (Å²) in [7, 11) is 0. The molecule has 1 unspecified atom stereocenters. The van der Waals surface area contributed by atoms with E-state index in [9.17, 15) is 19.5 Å². The molecule has 35 heavy (non-hydrogen) atoms. The van der Waals surface area contributed by atoms with Crippen molar-refractivity contribution >= 4 is 28.7 Å². The van der Waals surface area contributed by atoms with Gasteiger partial charge in [0.25, 0.3) is 5.60 Å². The van der Waals surface area contributed by atoms with Gasteiger partial charge in [-0.2, -0.15) is 0 Å². The molecule has 2 aromatic carbocycles. The highest BCUT2D eigenvalue weighted by Crippen LogP contribution is 2.23. The third kappa shape index (κ3) is 7.50. The Labute approximate surface area is 206 Å². The number of aryl methyl sites for hydroxylation is 1. The number of hydrogen-bond donors (Lipinski definition) is 1. The molecule has 8 nitrogen and oxygen atoms in total. The molecular weight excluding hydrogens is 452 g/mol. The van der Waals surface area contributed by atoms with E-state index in [1.54, 1.807) is 6.92 Å². The summed E-state index contributed by atoms with van der Waals surface area (Å²) in [5.41, 5.74) is -1.65. The molecule has 0 heterocycles. The van der Waals surface area contributed by atoms with Crippen LogP contribution >= 0.6 is 0 Å². The highest BCUT2D eigenvalue weighted by atomic mass is 16.6. The van der Waals surface area contributed by atoms with E-state index in [2.05, 4.69) is 30.3 Å². The summed E-state index contributed by atoms with van der Waals surface area (Å²) < 4.78 is 20.2. The molecule has 0 aromatic heterocycles. The summed E-state index contributed by atoms with van der Waals surface area (Å²) in [5.74, 6) is -3.66. The first-order chi connectivity index (χ1) is 16.9. The lowest BCUT2D eigenvalue weighted by atomic mass is 9.96. The molecule has 2 rings (SSSR count). The van der Waals surface area contributed by atoms with Gasteiger partial charge in [-0.25, -0.2) is 14.4 Å². The van der Waals surface area contributed by atoms with Crippen LogP contribution in [0.15, 0.2) is 42.5 Å². The lowest BCUT2D eigenvalue weighted by Crippen LogP contribution is -2.61. The molecule has 0 aliphatic carbocycles. The fourth-order valence-corrected chi connectivity index (χ4v) is 3.84. The van der Waals surface area contributed by atoms with E-state index in [0.29, 0.717) is 6.42 Å². The van der Waals surface area contributed by atoms with Crippen molar-refractivity contribution in [2.45, 2.75) is 64.6 Å². The van der Waals surface area contributed by atoms with Crippen molar-refractivity contribution in [1.29, 1.82) is 0 Å². The van der Waals surface area contributed by atoms with Crippen LogP contribution < -0.4 is 0 Å². The SMILES string of the molecule is CCOC(=O)C(OCCCCCCc1cccc2ccccc12)C(O)(C(=O)OCC)C(=O)OCC. The number of hydrogen-bond acceptors (Lipinski definition) is 8. The number of ether oxygens (including phenoxy) is 4. The lowest BCUT2D eigenvalue weighted by molar-refractivity contribution is -0.208. The van der Waals surface area contributed by atoms with Gasteiger partial charge in [0.1, 0.15) is 0 Å². The first kappa shape index (κ1) is 28.3. The molecule has 2 aromatic rings. The first-order valence-electron chi connectivity index (χ1n) is 12.2. The third-order valence-corrected chi connectivity index (χ3v) is 5.56. The predicted molar refractivity (Wildman–Crippen MR) is 131 cm³/mol. The molecule has 1 N–H and O–H groups in total. The van der Waals surface area contributed by atoms with Gasteiger partial charge in [-0.05, 0) is 56.4 Å². The van der Waals surface area contributed by atoms with Gasteiger partial charge in [0, 0.05) is 6.61 Å². The number of unbranched alkanes of at least 4 members (excludes halogenated alkanes) is 3. The number of carbonyl (C=O) groups excluding carboxylic acids is 3. The van der Waals surface area contributed by atoms with Crippen LogP contribution in [0.2, 0.25) is 0 Å². The second-order valence-corrected chi connectivity index (χ2v) is 8.01. The van der Waals surface area contributed by atoms with Crippen molar-refractivity contribution in [1.82, 2.24) is 0 Å². The predicted octanol–water partition coefficient (Wildman–Crippen LogP) is 3.75. The van der Waals surface area contributed by atoms with Crippen molar-refractivity contribution < 1.29 is 38.4 Å². The lowest BCUT2D eigenvalue weighted by Gasteiger charge is -2.30. The highest BCUT2D eigenvalue weighted by molar-refractivity contribution is 6.08. The second kappa shape index (κ2) is 14.4. The molecule has 0 fully saturated rings. The number of fused-ring (bicyclic) bond motifs is 1. The molecule has 0 saturated carbocycles. The zero-order valence-electron chi connectivity index (χ0n) is 20.8. The van der Waals surface area contributed by atoms with Gasteiger partial charge in [-0.3, -0.25) is 0 Å². The van der Waals surface area contributed by atoms with Crippen molar-refractivity contribution in [3.05, 3.63) is 48.0 Å². The maximum absolute atomic E-state index is 12.5. The zero-order valence-corrected chi connectivity index (χ0v) is 20.8. The minimum atomic E-state index is -2.95. The summed E-state index contributed by atoms with van der Waals surface area (Å²) in [6, 6.07) is 14.6. The Bertz CT molecular complexity index is 947. The Hall–Kier alpha value is -2.97. The van der Waals surface area contributed by atoms with E-state index in [1.807, 2.05) is 12.1 Å². The van der Waals surface area contributed by atoms with Crippen LogP contribution in [0.5, 0.6) is 0 Å². The summed E-state index contributed by atoms with van der Waals surface area (Å²) in [6.07, 6.45) is 2.32. The molecule has 0 spiro atoms. The Kier molecular flexibility index (Phi) is 11.7. The fourth-order valence-electron chi connectivity index (χ4n) is 3.84. The van der Waals surface area contributed by atoms with Crippen molar-refractivity contribution in [3.8, 4) is 0 Å². The normalized spacial score (nSPS) is 12.2. The van der Waals surface area contributed by atoms with Crippen LogP contribution in [0.1, 0.15) is 52.0 Å². The van der Waals surface area contributed by atoms with Gasteiger partial charge in [-0.15, -0.1) is 0 Å². The van der Waals surface area contributed by atoms with Crippen LogP contribution in [-0.4, -0.2) is 61.1 Å². The van der Waals surface area contributed by atoms with E-state index in [-0.39, 0.29) is 26.4 Å². The van der Waals surface area contributed by atoms with E-state index >= 15 is 0 Å². The van der Waals surface area contributed by atoms with Crippen LogP contribution in [0.25, 0.3) is 10.8 Å². The van der Waals surface area contributed by atoms with Crippen LogP contribution in [0.4, 0.5) is 0 Å². The largest absolute Gasteiger partial charge is 0.464 e. The minimum Gasteiger partial charge on any atom is -0.464 e. The summed E-state index contributed by atoms with van der Waals surface area (Å²) in [5, 5.41) is 13.4. The Morgan fingerprint density at radius 3 is 2.06 bits per heavy atom. The first-order valence-corrected chi connectivity index (χ1v) is 12.2. The topological polar surface area (TPSA) is 108 Å². The molecule has 1 atom stereocenters. The number of benzene rings is 2. The van der Waals surface area contributed by atoms with Gasteiger partial charge in [0.2, 0.25) is 6.10 Å². The second-order valence-electron chi connectivity index (χ2n) is 8.01. The number of rotatable bonds is 15. The minimum absolute atomic E-state index is 0.0193. The fraction of sp³-hybridized carbons (Fsp3) is 0.519. The van der Waals surface area contributed by atoms with Crippen molar-refractivity contribution in [2.24, 2.45) is 0 Å². The molecule has 0 aliphatic heterocycles. The molecule has 0 aliphatic rings. The Morgan fingerprint density at radius 1 is 0.800 bits per heavy atom. The average Bonchev–Trinajstić information content (AvgIpc) is 2.85. The molecule has 0 saturated heterocycles. The smallest absolute Gasteiger partial charge is 0.353 e. The van der Waals surface area contributed by atoms with Gasteiger partial charge in [-0.1, -0.05) is 55.3 Å². The molecule has 0 bridgehead atoms. The van der Waals surface area contributed by atoms with Gasteiger partial charge >= 0.3 is 17.9 Å². The number of esters is 3. The zero-order chi connectivity index (χ0) is 25.7. The van der Waals surface area contributed by atoms with Crippen LogP contribution in [0.3, 0.4) is 0 Å². The summed E-state index contributed by atoms with van der Waals surface area (Å²) in [6.45, 7) is 4.41. The van der Waals surface area contributed by atoms with E-state index in [1.165, 1.54) is 30.2 Å². The molecule has 8 heteroatoms. The maximum atomic E-state index is 12.5. The number of carbonyl (C=O) groups is 3. The van der Waals surface area contributed by atoms with E-state index in [0.717, 1.165) is 25.7 Å². The number of aliphatic hydroxyl groups is 1. The molecule has 192 valence electrons. The molecule has 0 radical (unpaired) electrons. The highest BCUT2D eigenvalue weighted by Gasteiger charge is 2.58. The standard InChI is InChI=1S/C27H36O8/c1-4-32-24(28)23(27(31,25(29)33-5-2)26(30)34-6-3)35-19-12-8-7-9-14-20-16-13-17-21-15-10-11-18-22(20)21/h10-11,13,15-18,23,31H,4-9,12,14,19H2,1-3H3. The van der Waals surface area contributed by atoms with Crippen molar-refractivity contribution in [3.63, 3.8) is 0 Å². The van der Waals surface area contributed by atoms with E-state index in [4.69, 9.17) is 18.9 Å². The van der Waals surface area contributed by atoms with E-state index < -0.39 is 29.6 Å². The molecular formula is C27H36O8. The third-order valence-electron chi connectivity index (χ3n) is 5.56. The van der Waals surface area contributed by atoms with Gasteiger partial charge in [0.05, 0.1) is 19.8 Å². The average molecular weight is 489 g/mol.